The normalized spacial score (nSPS) is 11.7. The van der Waals surface area contributed by atoms with Crippen LogP contribution in [0, 0.1) is 6.92 Å². The second-order valence-electron chi connectivity index (χ2n) is 7.27. The Bertz CT molecular complexity index is 1480. The molecule has 0 aliphatic carbocycles. The van der Waals surface area contributed by atoms with Crippen LogP contribution in [0.2, 0.25) is 0 Å². The largest absolute Gasteiger partial charge is 0.505 e. The van der Waals surface area contributed by atoms with E-state index in [1.165, 1.54) is 18.2 Å². The second kappa shape index (κ2) is 9.13. The zero-order chi connectivity index (χ0) is 23.6. The number of anilines is 1. The molecule has 4 aromatic carbocycles. The molecule has 0 aliphatic rings. The fourth-order valence-electron chi connectivity index (χ4n) is 3.18. The molecule has 0 radical (unpaired) electrons. The van der Waals surface area contributed by atoms with E-state index in [1.54, 1.807) is 60.7 Å². The van der Waals surface area contributed by atoms with Crippen LogP contribution in [0.5, 0.6) is 5.75 Å². The van der Waals surface area contributed by atoms with Crippen LogP contribution in [-0.4, -0.2) is 19.4 Å². The van der Waals surface area contributed by atoms with Crippen LogP contribution in [0.15, 0.2) is 98.5 Å². The Balaban J connectivity index is 1.74. The molecule has 9 heteroatoms. The number of hydrogen-bond donors (Lipinski definition) is 2. The second-order valence-corrected chi connectivity index (χ2v) is 9.87. The minimum Gasteiger partial charge on any atom is -0.505 e. The molecule has 0 heterocycles. The van der Waals surface area contributed by atoms with Crippen molar-refractivity contribution < 1.29 is 18.3 Å². The van der Waals surface area contributed by atoms with E-state index in [4.69, 9.17) is 0 Å². The number of amides is 1. The van der Waals surface area contributed by atoms with Gasteiger partial charge >= 0.3 is 0 Å². The molecule has 2 N–H and O–H groups in total. The predicted octanol–water partition coefficient (Wildman–Crippen LogP) is 6.34. The van der Waals surface area contributed by atoms with Crippen molar-refractivity contribution in [1.82, 2.24) is 0 Å². The monoisotopic (exact) mass is 523 g/mol. The van der Waals surface area contributed by atoms with Gasteiger partial charge in [-0.1, -0.05) is 57.9 Å². The highest BCUT2D eigenvalue weighted by Crippen LogP contribution is 2.40. The molecule has 4 rings (SSSR count). The first-order chi connectivity index (χ1) is 15.7. The van der Waals surface area contributed by atoms with Gasteiger partial charge in [0, 0.05) is 20.8 Å². The maximum atomic E-state index is 12.9. The summed E-state index contributed by atoms with van der Waals surface area (Å²) in [5.41, 5.74) is 1.50. The molecule has 0 bridgehead atoms. The summed E-state index contributed by atoms with van der Waals surface area (Å²) in [7, 11) is -3.92. The van der Waals surface area contributed by atoms with Crippen LogP contribution >= 0.6 is 15.9 Å². The lowest BCUT2D eigenvalue weighted by atomic mass is 10.1. The molecule has 4 aromatic rings. The summed E-state index contributed by atoms with van der Waals surface area (Å²) in [6.45, 7) is 1.90. The number of fused-ring (bicyclic) bond motifs is 1. The summed E-state index contributed by atoms with van der Waals surface area (Å²) >= 11 is 3.28. The third-order valence-corrected chi connectivity index (χ3v) is 6.82. The average Bonchev–Trinajstić information content (AvgIpc) is 2.80. The van der Waals surface area contributed by atoms with Crippen molar-refractivity contribution in [3.8, 4) is 5.75 Å². The number of halogens is 1. The number of phenols is 1. The number of carbonyl (C=O) groups excluding carboxylic acids is 1. The van der Waals surface area contributed by atoms with Gasteiger partial charge in [0.2, 0.25) is 0 Å². The van der Waals surface area contributed by atoms with E-state index >= 15 is 0 Å². The number of sulfonamides is 1. The molecule has 1 amide bonds. The number of phenolic OH excluding ortho intramolecular Hbond substituents is 1. The van der Waals surface area contributed by atoms with E-state index in [9.17, 15) is 18.3 Å². The predicted molar refractivity (Wildman–Crippen MR) is 131 cm³/mol. The van der Waals surface area contributed by atoms with Crippen molar-refractivity contribution in [1.29, 1.82) is 0 Å². The number of benzene rings is 4. The van der Waals surface area contributed by atoms with Crippen molar-refractivity contribution in [2.24, 2.45) is 10.2 Å². The van der Waals surface area contributed by atoms with E-state index in [0.29, 0.717) is 16.3 Å². The SMILES string of the molecule is Cc1ccc(C(=O)N=Nc2cc(NS(=O)(=O)c3ccc(Br)cc3)c3ccccc3c2O)cc1. The lowest BCUT2D eigenvalue weighted by Crippen LogP contribution is -2.13. The first-order valence-electron chi connectivity index (χ1n) is 9.80. The van der Waals surface area contributed by atoms with E-state index in [0.717, 1.165) is 10.0 Å². The minimum atomic E-state index is -3.92. The highest BCUT2D eigenvalue weighted by Gasteiger charge is 2.18. The Kier molecular flexibility index (Phi) is 6.26. The lowest BCUT2D eigenvalue weighted by Gasteiger charge is -2.13. The first-order valence-corrected chi connectivity index (χ1v) is 12.1. The van der Waals surface area contributed by atoms with Gasteiger partial charge < -0.3 is 5.11 Å². The summed E-state index contributed by atoms with van der Waals surface area (Å²) in [5, 5.41) is 19.2. The maximum Gasteiger partial charge on any atom is 0.295 e. The van der Waals surface area contributed by atoms with Gasteiger partial charge in [0.15, 0.2) is 5.75 Å². The van der Waals surface area contributed by atoms with Crippen molar-refractivity contribution >= 4 is 54.0 Å². The Morgan fingerprint density at radius 2 is 1.58 bits per heavy atom. The number of carbonyl (C=O) groups is 1. The van der Waals surface area contributed by atoms with Crippen LogP contribution in [0.1, 0.15) is 15.9 Å². The zero-order valence-electron chi connectivity index (χ0n) is 17.4. The van der Waals surface area contributed by atoms with Crippen LogP contribution in [0.25, 0.3) is 10.8 Å². The Hall–Kier alpha value is -3.56. The van der Waals surface area contributed by atoms with Crippen molar-refractivity contribution in [3.63, 3.8) is 0 Å². The van der Waals surface area contributed by atoms with Gasteiger partial charge in [-0.25, -0.2) is 8.42 Å². The van der Waals surface area contributed by atoms with E-state index in [1.807, 2.05) is 6.92 Å². The Morgan fingerprint density at radius 1 is 0.939 bits per heavy atom. The number of aryl methyl sites for hydroxylation is 1. The molecule has 0 unspecified atom stereocenters. The van der Waals surface area contributed by atoms with Gasteiger partial charge in [-0.2, -0.15) is 0 Å². The molecule has 0 spiro atoms. The Morgan fingerprint density at radius 3 is 2.24 bits per heavy atom. The number of azo groups is 1. The first kappa shape index (κ1) is 22.6. The molecular weight excluding hydrogens is 506 g/mol. The van der Waals surface area contributed by atoms with Gasteiger partial charge in [0.1, 0.15) is 5.69 Å². The zero-order valence-corrected chi connectivity index (χ0v) is 19.8. The molecule has 0 aromatic heterocycles. The molecule has 0 saturated carbocycles. The lowest BCUT2D eigenvalue weighted by molar-refractivity contribution is 0.0995. The minimum absolute atomic E-state index is 0.0392. The summed E-state index contributed by atoms with van der Waals surface area (Å²) in [4.78, 5) is 12.4. The van der Waals surface area contributed by atoms with Gasteiger partial charge in [-0.05, 0) is 49.4 Å². The molecule has 0 atom stereocenters. The molecular formula is C24H18BrN3O4S. The third-order valence-electron chi connectivity index (χ3n) is 4.91. The molecule has 7 nitrogen and oxygen atoms in total. The van der Waals surface area contributed by atoms with Crippen molar-refractivity contribution in [2.75, 3.05) is 4.72 Å². The quantitative estimate of drug-likeness (QED) is 0.235. The van der Waals surface area contributed by atoms with Crippen LogP contribution in [0.4, 0.5) is 11.4 Å². The van der Waals surface area contributed by atoms with Gasteiger partial charge in [-0.15, -0.1) is 10.2 Å². The van der Waals surface area contributed by atoms with E-state index < -0.39 is 15.9 Å². The summed E-state index contributed by atoms with van der Waals surface area (Å²) in [6.07, 6.45) is 0. The fraction of sp³-hybridized carbons (Fsp3) is 0.0417. The standard InChI is InChI=1S/C24H18BrN3O4S/c1-15-6-8-16(9-7-15)24(30)27-26-22-14-21(19-4-2-3-5-20(19)23(22)29)28-33(31,32)18-12-10-17(25)11-13-18/h2-14,28-29H,1H3. The molecule has 0 aliphatic heterocycles. The smallest absolute Gasteiger partial charge is 0.295 e. The highest BCUT2D eigenvalue weighted by atomic mass is 79.9. The van der Waals surface area contributed by atoms with Gasteiger partial charge in [0.05, 0.1) is 10.6 Å². The fourth-order valence-corrected chi connectivity index (χ4v) is 4.51. The van der Waals surface area contributed by atoms with Crippen LogP contribution in [-0.2, 0) is 10.0 Å². The van der Waals surface area contributed by atoms with Crippen LogP contribution in [0.3, 0.4) is 0 Å². The van der Waals surface area contributed by atoms with E-state index in [2.05, 4.69) is 30.9 Å². The molecule has 166 valence electrons. The molecule has 33 heavy (non-hydrogen) atoms. The van der Waals surface area contributed by atoms with Gasteiger partial charge in [0.25, 0.3) is 15.9 Å². The molecule has 0 fully saturated rings. The number of nitrogens with zero attached hydrogens (tertiary/aromatic N) is 2. The highest BCUT2D eigenvalue weighted by molar-refractivity contribution is 9.10. The van der Waals surface area contributed by atoms with Crippen molar-refractivity contribution in [3.05, 3.63) is 94.5 Å². The third kappa shape index (κ3) is 4.94. The van der Waals surface area contributed by atoms with Crippen LogP contribution < -0.4 is 4.72 Å². The van der Waals surface area contributed by atoms with Gasteiger partial charge in [-0.3, -0.25) is 9.52 Å². The summed E-state index contributed by atoms with van der Waals surface area (Å²) in [6, 6.07) is 21.1. The van der Waals surface area contributed by atoms with Crippen molar-refractivity contribution in [2.45, 2.75) is 11.8 Å². The summed E-state index contributed by atoms with van der Waals surface area (Å²) < 4.78 is 29.2. The maximum absolute atomic E-state index is 12.9. The number of rotatable bonds is 5. The Labute approximate surface area is 199 Å². The number of hydrogen-bond acceptors (Lipinski definition) is 5. The van der Waals surface area contributed by atoms with E-state index in [-0.39, 0.29) is 22.0 Å². The number of nitrogens with one attached hydrogen (secondary N) is 1. The average molecular weight is 524 g/mol. The summed E-state index contributed by atoms with van der Waals surface area (Å²) in [5.74, 6) is -0.794. The molecule has 0 saturated heterocycles. The topological polar surface area (TPSA) is 108 Å². The number of aromatic hydroxyl groups is 1.